The second-order valence-electron chi connectivity index (χ2n) is 6.69. The molecular weight excluding hydrogens is 290 g/mol. The van der Waals surface area contributed by atoms with Crippen LogP contribution in [0.3, 0.4) is 0 Å². The molecule has 1 aliphatic rings. The average Bonchev–Trinajstić information content (AvgIpc) is 2.92. The van der Waals surface area contributed by atoms with Crippen LogP contribution in [0.5, 0.6) is 6.01 Å². The third kappa shape index (κ3) is 3.74. The van der Waals surface area contributed by atoms with E-state index in [2.05, 4.69) is 22.0 Å². The Labute approximate surface area is 137 Å². The number of hydrogen-bond donors (Lipinski definition) is 1. The van der Waals surface area contributed by atoms with Gasteiger partial charge in [-0.1, -0.05) is 45.4 Å². The molecule has 0 spiro atoms. The summed E-state index contributed by atoms with van der Waals surface area (Å²) in [4.78, 5) is 8.64. The van der Waals surface area contributed by atoms with Gasteiger partial charge in [0.25, 0.3) is 0 Å². The van der Waals surface area contributed by atoms with Gasteiger partial charge in [-0.15, -0.1) is 5.10 Å². The Balaban J connectivity index is 1.83. The molecule has 2 heterocycles. The zero-order chi connectivity index (χ0) is 16.2. The van der Waals surface area contributed by atoms with E-state index in [1.54, 1.807) is 0 Å². The van der Waals surface area contributed by atoms with Crippen molar-refractivity contribution in [3.63, 3.8) is 0 Å². The van der Waals surface area contributed by atoms with Crippen molar-refractivity contribution in [3.05, 3.63) is 11.9 Å². The molecular formula is C17H27N5O. The van der Waals surface area contributed by atoms with Crippen LogP contribution >= 0.6 is 0 Å². The van der Waals surface area contributed by atoms with Crippen LogP contribution in [0.2, 0.25) is 0 Å². The van der Waals surface area contributed by atoms with Gasteiger partial charge in [-0.25, -0.2) is 9.50 Å². The van der Waals surface area contributed by atoms with Crippen LogP contribution in [0, 0.1) is 5.92 Å². The number of ether oxygens (including phenoxy) is 1. The minimum absolute atomic E-state index is 0.0853. The fourth-order valence-electron chi connectivity index (χ4n) is 3.45. The standard InChI is InChI=1S/C17H27N5O/c1-3-7-12(2)23-17-20-15(18)16-19-11-14(22(16)21-17)10-13-8-5-4-6-9-13/h11-13H,3-10H2,1-2H3,(H2,18,20,21). The highest BCUT2D eigenvalue weighted by molar-refractivity contribution is 5.59. The molecule has 1 aliphatic carbocycles. The van der Waals surface area contributed by atoms with Gasteiger partial charge in [0.05, 0.1) is 18.0 Å². The lowest BCUT2D eigenvalue weighted by Gasteiger charge is -2.20. The van der Waals surface area contributed by atoms with E-state index in [-0.39, 0.29) is 6.10 Å². The number of nitrogen functional groups attached to an aromatic ring is 1. The van der Waals surface area contributed by atoms with E-state index in [0.29, 0.717) is 17.5 Å². The summed E-state index contributed by atoms with van der Waals surface area (Å²) in [6.45, 7) is 4.17. The van der Waals surface area contributed by atoms with Gasteiger partial charge in [-0.2, -0.15) is 4.98 Å². The summed E-state index contributed by atoms with van der Waals surface area (Å²) in [5, 5.41) is 4.52. The van der Waals surface area contributed by atoms with Crippen molar-refractivity contribution in [2.45, 2.75) is 71.3 Å². The summed E-state index contributed by atoms with van der Waals surface area (Å²) in [7, 11) is 0. The highest BCUT2D eigenvalue weighted by Gasteiger charge is 2.18. The molecule has 1 atom stereocenters. The van der Waals surface area contributed by atoms with Crippen molar-refractivity contribution in [2.75, 3.05) is 5.73 Å². The topological polar surface area (TPSA) is 78.3 Å². The number of rotatable bonds is 6. The summed E-state index contributed by atoms with van der Waals surface area (Å²) >= 11 is 0. The predicted octanol–water partition coefficient (Wildman–Crippen LogP) is 3.40. The summed E-state index contributed by atoms with van der Waals surface area (Å²) in [5.41, 5.74) is 7.78. The molecule has 3 rings (SSSR count). The summed E-state index contributed by atoms with van der Waals surface area (Å²) in [6, 6.07) is 0.346. The molecule has 1 saturated carbocycles. The maximum absolute atomic E-state index is 6.04. The molecule has 126 valence electrons. The lowest BCUT2D eigenvalue weighted by Crippen LogP contribution is -2.16. The summed E-state index contributed by atoms with van der Waals surface area (Å²) in [6.07, 6.45) is 11.6. The van der Waals surface area contributed by atoms with E-state index in [4.69, 9.17) is 10.5 Å². The normalized spacial score (nSPS) is 17.5. The van der Waals surface area contributed by atoms with Crippen molar-refractivity contribution in [2.24, 2.45) is 5.92 Å². The van der Waals surface area contributed by atoms with Gasteiger partial charge >= 0.3 is 6.01 Å². The summed E-state index contributed by atoms with van der Waals surface area (Å²) in [5.74, 6) is 1.11. The second kappa shape index (κ2) is 7.15. The Morgan fingerprint density at radius 1 is 1.35 bits per heavy atom. The Morgan fingerprint density at radius 2 is 2.13 bits per heavy atom. The second-order valence-corrected chi connectivity index (χ2v) is 6.69. The smallest absolute Gasteiger partial charge is 0.336 e. The zero-order valence-electron chi connectivity index (χ0n) is 14.2. The largest absolute Gasteiger partial charge is 0.459 e. The Morgan fingerprint density at radius 3 is 2.87 bits per heavy atom. The Bertz CT molecular complexity index is 648. The molecule has 23 heavy (non-hydrogen) atoms. The van der Waals surface area contributed by atoms with Crippen LogP contribution in [-0.4, -0.2) is 25.7 Å². The predicted molar refractivity (Wildman–Crippen MR) is 90.5 cm³/mol. The van der Waals surface area contributed by atoms with Gasteiger partial charge < -0.3 is 10.5 Å². The molecule has 2 aromatic heterocycles. The minimum Gasteiger partial charge on any atom is -0.459 e. The molecule has 1 unspecified atom stereocenters. The lowest BCUT2D eigenvalue weighted by atomic mass is 9.86. The first-order valence-electron chi connectivity index (χ1n) is 8.84. The minimum atomic E-state index is 0.0853. The van der Waals surface area contributed by atoms with E-state index in [9.17, 15) is 0 Å². The van der Waals surface area contributed by atoms with Gasteiger partial charge in [0.15, 0.2) is 11.5 Å². The van der Waals surface area contributed by atoms with E-state index < -0.39 is 0 Å². The maximum Gasteiger partial charge on any atom is 0.336 e. The van der Waals surface area contributed by atoms with Gasteiger partial charge in [0.2, 0.25) is 0 Å². The molecule has 0 bridgehead atoms. The number of hydrogen-bond acceptors (Lipinski definition) is 5. The van der Waals surface area contributed by atoms with Crippen molar-refractivity contribution in [1.82, 2.24) is 19.6 Å². The zero-order valence-corrected chi connectivity index (χ0v) is 14.2. The van der Waals surface area contributed by atoms with E-state index in [1.165, 1.54) is 32.1 Å². The van der Waals surface area contributed by atoms with E-state index >= 15 is 0 Å². The first-order chi connectivity index (χ1) is 11.2. The molecule has 6 heteroatoms. The number of nitrogens with two attached hydrogens (primary N) is 1. The van der Waals surface area contributed by atoms with Crippen LogP contribution in [0.15, 0.2) is 6.20 Å². The highest BCUT2D eigenvalue weighted by Crippen LogP contribution is 2.27. The van der Waals surface area contributed by atoms with Crippen molar-refractivity contribution in [3.8, 4) is 6.01 Å². The molecule has 0 amide bonds. The Hall–Kier alpha value is -1.85. The molecule has 0 aromatic carbocycles. The van der Waals surface area contributed by atoms with E-state index in [0.717, 1.165) is 30.9 Å². The number of imidazole rings is 1. The molecule has 2 N–H and O–H groups in total. The fourth-order valence-corrected chi connectivity index (χ4v) is 3.45. The van der Waals surface area contributed by atoms with Crippen molar-refractivity contribution < 1.29 is 4.74 Å². The molecule has 2 aromatic rings. The van der Waals surface area contributed by atoms with Crippen LogP contribution in [0.4, 0.5) is 5.82 Å². The SMILES string of the molecule is CCCC(C)Oc1nc(N)c2ncc(CC3CCCCC3)n2n1. The van der Waals surface area contributed by atoms with Gasteiger partial charge in [0, 0.05) is 0 Å². The van der Waals surface area contributed by atoms with Crippen LogP contribution < -0.4 is 10.5 Å². The number of anilines is 1. The number of aromatic nitrogens is 4. The lowest BCUT2D eigenvalue weighted by molar-refractivity contribution is 0.189. The first kappa shape index (κ1) is 16.0. The number of fused-ring (bicyclic) bond motifs is 1. The molecule has 6 nitrogen and oxygen atoms in total. The van der Waals surface area contributed by atoms with E-state index in [1.807, 2.05) is 17.6 Å². The third-order valence-electron chi connectivity index (χ3n) is 4.66. The number of nitrogens with zero attached hydrogens (tertiary/aromatic N) is 4. The maximum atomic E-state index is 6.04. The van der Waals surface area contributed by atoms with Crippen molar-refractivity contribution >= 4 is 11.5 Å². The molecule has 0 radical (unpaired) electrons. The highest BCUT2D eigenvalue weighted by atomic mass is 16.5. The summed E-state index contributed by atoms with van der Waals surface area (Å²) < 4.78 is 7.63. The van der Waals surface area contributed by atoms with Gasteiger partial charge in [0.1, 0.15) is 0 Å². The molecule has 1 fully saturated rings. The quantitative estimate of drug-likeness (QED) is 0.883. The average molecular weight is 317 g/mol. The van der Waals surface area contributed by atoms with Crippen LogP contribution in [0.25, 0.3) is 5.65 Å². The van der Waals surface area contributed by atoms with Gasteiger partial charge in [-0.05, 0) is 25.7 Å². The third-order valence-corrected chi connectivity index (χ3v) is 4.66. The van der Waals surface area contributed by atoms with Crippen LogP contribution in [-0.2, 0) is 6.42 Å². The van der Waals surface area contributed by atoms with Crippen molar-refractivity contribution in [1.29, 1.82) is 0 Å². The Kier molecular flexibility index (Phi) is 4.98. The van der Waals surface area contributed by atoms with Gasteiger partial charge in [-0.3, -0.25) is 0 Å². The monoisotopic (exact) mass is 317 g/mol. The van der Waals surface area contributed by atoms with Crippen LogP contribution in [0.1, 0.15) is 64.5 Å². The fraction of sp³-hybridized carbons (Fsp3) is 0.706. The molecule has 0 saturated heterocycles. The first-order valence-corrected chi connectivity index (χ1v) is 8.84. The molecule has 0 aliphatic heterocycles.